The summed E-state index contributed by atoms with van der Waals surface area (Å²) in [5.74, 6) is 0. The molecule has 4 nitrogen and oxygen atoms in total. The molecule has 3 aromatic rings. The molecule has 0 amide bonds. The van der Waals surface area contributed by atoms with Crippen LogP contribution in [0.1, 0.15) is 5.69 Å². The van der Waals surface area contributed by atoms with Crippen molar-refractivity contribution < 1.29 is 0 Å². The zero-order valence-corrected chi connectivity index (χ0v) is 11.2. The minimum Gasteiger partial charge on any atom is -0.359 e. The minimum atomic E-state index is 0.836. The van der Waals surface area contributed by atoms with Crippen molar-refractivity contribution in [3.63, 3.8) is 0 Å². The van der Waals surface area contributed by atoms with Gasteiger partial charge in [-0.25, -0.2) is 0 Å². The predicted molar refractivity (Wildman–Crippen MR) is 74.9 cm³/mol. The molecular weight excluding hydrogens is 244 g/mol. The summed E-state index contributed by atoms with van der Waals surface area (Å²) >= 11 is 1.54. The van der Waals surface area contributed by atoms with Crippen LogP contribution in [0.2, 0.25) is 0 Å². The van der Waals surface area contributed by atoms with Gasteiger partial charge in [-0.05, 0) is 29.7 Å². The number of rotatable bonds is 3. The molecule has 18 heavy (non-hydrogen) atoms. The third-order valence-electron chi connectivity index (χ3n) is 3.03. The first-order valence-electron chi connectivity index (χ1n) is 5.78. The van der Waals surface area contributed by atoms with Crippen molar-refractivity contribution in [3.8, 4) is 0 Å². The standard InChI is InChI=1S/C13H14N4S/c1-16(9-10-7-8-14-17(10)2)13-11-5-3-4-6-12(11)15-18-13/h3-8H,9H2,1-2H3. The zero-order chi connectivity index (χ0) is 12.5. The van der Waals surface area contributed by atoms with Gasteiger partial charge in [-0.3, -0.25) is 4.68 Å². The van der Waals surface area contributed by atoms with Gasteiger partial charge < -0.3 is 4.90 Å². The number of fused-ring (bicyclic) bond motifs is 1. The smallest absolute Gasteiger partial charge is 0.120 e. The van der Waals surface area contributed by atoms with Gasteiger partial charge in [-0.2, -0.15) is 9.47 Å². The average molecular weight is 258 g/mol. The molecule has 0 N–H and O–H groups in total. The summed E-state index contributed by atoms with van der Waals surface area (Å²) in [7, 11) is 4.06. The number of aryl methyl sites for hydroxylation is 1. The summed E-state index contributed by atoms with van der Waals surface area (Å²) < 4.78 is 6.37. The maximum Gasteiger partial charge on any atom is 0.120 e. The minimum absolute atomic E-state index is 0.836. The van der Waals surface area contributed by atoms with Crippen LogP contribution in [0.15, 0.2) is 36.5 Å². The van der Waals surface area contributed by atoms with E-state index in [0.717, 1.165) is 12.1 Å². The lowest BCUT2D eigenvalue weighted by atomic mass is 10.2. The second kappa shape index (κ2) is 4.42. The molecule has 0 aliphatic carbocycles. The first-order chi connectivity index (χ1) is 8.75. The van der Waals surface area contributed by atoms with Crippen LogP contribution in [-0.4, -0.2) is 21.2 Å². The number of nitrogens with zero attached hydrogens (tertiary/aromatic N) is 4. The Labute approximate surface area is 110 Å². The second-order valence-corrected chi connectivity index (χ2v) is 5.06. The topological polar surface area (TPSA) is 34.0 Å². The molecule has 3 rings (SSSR count). The average Bonchev–Trinajstić information content (AvgIpc) is 2.96. The molecule has 92 valence electrons. The highest BCUT2D eigenvalue weighted by atomic mass is 32.1. The lowest BCUT2D eigenvalue weighted by Crippen LogP contribution is -2.17. The fourth-order valence-electron chi connectivity index (χ4n) is 2.02. The van der Waals surface area contributed by atoms with E-state index in [9.17, 15) is 0 Å². The summed E-state index contributed by atoms with van der Waals surface area (Å²) in [6.07, 6.45) is 1.83. The van der Waals surface area contributed by atoms with Crippen molar-refractivity contribution in [1.82, 2.24) is 14.2 Å². The number of hydrogen-bond acceptors (Lipinski definition) is 4. The Kier molecular flexibility index (Phi) is 2.76. The first-order valence-corrected chi connectivity index (χ1v) is 6.55. The van der Waals surface area contributed by atoms with Crippen LogP contribution in [0.5, 0.6) is 0 Å². The Bertz CT molecular complexity index is 670. The lowest BCUT2D eigenvalue weighted by Gasteiger charge is -2.17. The Balaban J connectivity index is 1.93. The van der Waals surface area contributed by atoms with Crippen molar-refractivity contribution in [2.45, 2.75) is 6.54 Å². The third kappa shape index (κ3) is 1.86. The highest BCUT2D eigenvalue weighted by Gasteiger charge is 2.11. The van der Waals surface area contributed by atoms with Crippen molar-refractivity contribution in [3.05, 3.63) is 42.2 Å². The Morgan fingerprint density at radius 1 is 1.28 bits per heavy atom. The van der Waals surface area contributed by atoms with Crippen molar-refractivity contribution in [2.24, 2.45) is 7.05 Å². The highest BCUT2D eigenvalue weighted by Crippen LogP contribution is 2.30. The Hall–Kier alpha value is -1.88. The quantitative estimate of drug-likeness (QED) is 0.724. The van der Waals surface area contributed by atoms with Gasteiger partial charge >= 0.3 is 0 Å². The molecule has 0 radical (unpaired) electrons. The van der Waals surface area contributed by atoms with Crippen LogP contribution in [0.4, 0.5) is 5.00 Å². The molecule has 0 fully saturated rings. The van der Waals surface area contributed by atoms with Gasteiger partial charge in [-0.15, -0.1) is 0 Å². The lowest BCUT2D eigenvalue weighted by molar-refractivity contribution is 0.701. The van der Waals surface area contributed by atoms with E-state index in [4.69, 9.17) is 0 Å². The van der Waals surface area contributed by atoms with Crippen LogP contribution in [0.25, 0.3) is 10.9 Å². The van der Waals surface area contributed by atoms with E-state index < -0.39 is 0 Å². The molecule has 0 saturated heterocycles. The second-order valence-electron chi connectivity index (χ2n) is 4.31. The van der Waals surface area contributed by atoms with Crippen LogP contribution < -0.4 is 4.90 Å². The fraction of sp³-hybridized carbons (Fsp3) is 0.231. The van der Waals surface area contributed by atoms with E-state index >= 15 is 0 Å². The Morgan fingerprint density at radius 2 is 2.11 bits per heavy atom. The summed E-state index contributed by atoms with van der Waals surface area (Å²) in [6, 6.07) is 10.3. The van der Waals surface area contributed by atoms with Crippen LogP contribution in [0, 0.1) is 0 Å². The summed E-state index contributed by atoms with van der Waals surface area (Å²) in [4.78, 5) is 2.22. The molecule has 0 atom stereocenters. The predicted octanol–water partition coefficient (Wildman–Crippen LogP) is 2.67. The van der Waals surface area contributed by atoms with Crippen LogP contribution >= 0.6 is 11.5 Å². The van der Waals surface area contributed by atoms with Crippen molar-refractivity contribution >= 4 is 27.4 Å². The molecule has 0 bridgehead atoms. The monoisotopic (exact) mass is 258 g/mol. The molecule has 0 spiro atoms. The maximum atomic E-state index is 4.47. The van der Waals surface area contributed by atoms with E-state index in [1.165, 1.54) is 16.1 Å². The molecule has 1 aromatic carbocycles. The van der Waals surface area contributed by atoms with E-state index in [1.807, 2.05) is 36.1 Å². The molecule has 0 unspecified atom stereocenters. The van der Waals surface area contributed by atoms with Gasteiger partial charge in [0.15, 0.2) is 0 Å². The summed E-state index contributed by atoms with van der Waals surface area (Å²) in [6.45, 7) is 0.836. The van der Waals surface area contributed by atoms with Crippen LogP contribution in [-0.2, 0) is 13.6 Å². The molecule has 5 heteroatoms. The van der Waals surface area contributed by atoms with Gasteiger partial charge in [0.25, 0.3) is 0 Å². The van der Waals surface area contributed by atoms with E-state index in [1.54, 1.807) is 11.5 Å². The Morgan fingerprint density at radius 3 is 2.89 bits per heavy atom. The van der Waals surface area contributed by atoms with E-state index in [0.29, 0.717) is 0 Å². The maximum absolute atomic E-state index is 4.47. The number of benzene rings is 1. The van der Waals surface area contributed by atoms with Gasteiger partial charge in [0.05, 0.1) is 17.8 Å². The fourth-order valence-corrected chi connectivity index (χ4v) is 2.84. The van der Waals surface area contributed by atoms with Crippen molar-refractivity contribution in [2.75, 3.05) is 11.9 Å². The molecule has 0 aliphatic heterocycles. The SMILES string of the molecule is CN(Cc1ccnn1C)c1snc2ccccc12. The normalized spacial score (nSPS) is 11.0. The molecular formula is C13H14N4S. The van der Waals surface area contributed by atoms with Crippen molar-refractivity contribution in [1.29, 1.82) is 0 Å². The summed E-state index contributed by atoms with van der Waals surface area (Å²) in [5, 5.41) is 6.61. The first kappa shape index (κ1) is 11.2. The number of hydrogen-bond donors (Lipinski definition) is 0. The highest BCUT2D eigenvalue weighted by molar-refractivity contribution is 7.11. The van der Waals surface area contributed by atoms with Gasteiger partial charge in [-0.1, -0.05) is 12.1 Å². The van der Waals surface area contributed by atoms with Gasteiger partial charge in [0, 0.05) is 25.7 Å². The van der Waals surface area contributed by atoms with Gasteiger partial charge in [0.1, 0.15) is 5.00 Å². The zero-order valence-electron chi connectivity index (χ0n) is 10.4. The molecule has 0 aliphatic rings. The van der Waals surface area contributed by atoms with Gasteiger partial charge in [0.2, 0.25) is 0 Å². The summed E-state index contributed by atoms with van der Waals surface area (Å²) in [5.41, 5.74) is 2.25. The largest absolute Gasteiger partial charge is 0.359 e. The molecule has 0 saturated carbocycles. The molecule has 2 aromatic heterocycles. The molecule has 2 heterocycles. The third-order valence-corrected chi connectivity index (χ3v) is 4.03. The van der Waals surface area contributed by atoms with E-state index in [-0.39, 0.29) is 0 Å². The van der Waals surface area contributed by atoms with Crippen LogP contribution in [0.3, 0.4) is 0 Å². The number of aromatic nitrogens is 3. The van der Waals surface area contributed by atoms with E-state index in [2.05, 4.69) is 33.6 Å². The number of anilines is 1.